The van der Waals surface area contributed by atoms with E-state index in [4.69, 9.17) is 0 Å². The first-order chi connectivity index (χ1) is 9.65. The standard InChI is InChI=1S/C18H21NO/c1-4-19(14(2)3)17-13-9-8-12-16(17)18(20)15-10-6-5-7-11-15/h5-14H,4H2,1-3H3. The molecule has 0 N–H and O–H groups in total. The van der Waals surface area contributed by atoms with E-state index < -0.39 is 0 Å². The van der Waals surface area contributed by atoms with E-state index in [1.54, 1.807) is 0 Å². The Kier molecular flexibility index (Phi) is 4.57. The lowest BCUT2D eigenvalue weighted by Gasteiger charge is -2.29. The van der Waals surface area contributed by atoms with Crippen molar-refractivity contribution in [1.29, 1.82) is 0 Å². The van der Waals surface area contributed by atoms with Crippen LogP contribution in [0.3, 0.4) is 0 Å². The molecule has 0 heterocycles. The Morgan fingerprint density at radius 2 is 1.60 bits per heavy atom. The molecule has 0 aromatic heterocycles. The second-order valence-electron chi connectivity index (χ2n) is 5.09. The minimum atomic E-state index is 0.0836. The highest BCUT2D eigenvalue weighted by Crippen LogP contribution is 2.24. The maximum Gasteiger partial charge on any atom is 0.195 e. The van der Waals surface area contributed by atoms with Crippen molar-refractivity contribution in [2.45, 2.75) is 26.8 Å². The van der Waals surface area contributed by atoms with Gasteiger partial charge >= 0.3 is 0 Å². The van der Waals surface area contributed by atoms with E-state index in [2.05, 4.69) is 25.7 Å². The van der Waals surface area contributed by atoms with Gasteiger partial charge in [0.15, 0.2) is 5.78 Å². The van der Waals surface area contributed by atoms with Gasteiger partial charge in [-0.25, -0.2) is 0 Å². The zero-order chi connectivity index (χ0) is 14.5. The molecule has 0 bridgehead atoms. The highest BCUT2D eigenvalue weighted by atomic mass is 16.1. The Morgan fingerprint density at radius 1 is 1.00 bits per heavy atom. The molecule has 0 unspecified atom stereocenters. The summed E-state index contributed by atoms with van der Waals surface area (Å²) in [6.45, 7) is 7.29. The molecule has 20 heavy (non-hydrogen) atoms. The summed E-state index contributed by atoms with van der Waals surface area (Å²) in [5.41, 5.74) is 2.52. The summed E-state index contributed by atoms with van der Waals surface area (Å²) >= 11 is 0. The van der Waals surface area contributed by atoms with Crippen LogP contribution in [-0.4, -0.2) is 18.4 Å². The first-order valence-corrected chi connectivity index (χ1v) is 7.10. The second kappa shape index (κ2) is 6.38. The molecule has 0 spiro atoms. The van der Waals surface area contributed by atoms with Crippen LogP contribution in [0.1, 0.15) is 36.7 Å². The van der Waals surface area contributed by atoms with Crippen LogP contribution in [-0.2, 0) is 0 Å². The van der Waals surface area contributed by atoms with Gasteiger partial charge in [-0.05, 0) is 32.9 Å². The lowest BCUT2D eigenvalue weighted by Crippen LogP contribution is -2.31. The zero-order valence-corrected chi connectivity index (χ0v) is 12.3. The maximum atomic E-state index is 12.7. The third kappa shape index (κ3) is 2.90. The first-order valence-electron chi connectivity index (χ1n) is 7.10. The number of hydrogen-bond acceptors (Lipinski definition) is 2. The van der Waals surface area contributed by atoms with Crippen molar-refractivity contribution >= 4 is 11.5 Å². The lowest BCUT2D eigenvalue weighted by molar-refractivity contribution is 0.103. The van der Waals surface area contributed by atoms with E-state index in [9.17, 15) is 4.79 Å². The van der Waals surface area contributed by atoms with Crippen LogP contribution in [0.2, 0.25) is 0 Å². The van der Waals surface area contributed by atoms with Gasteiger partial charge in [-0.3, -0.25) is 4.79 Å². The average Bonchev–Trinajstić information content (AvgIpc) is 2.48. The zero-order valence-electron chi connectivity index (χ0n) is 12.3. The molecule has 2 aromatic rings. The van der Waals surface area contributed by atoms with Gasteiger partial charge < -0.3 is 4.90 Å². The van der Waals surface area contributed by atoms with Crippen molar-refractivity contribution < 1.29 is 4.79 Å². The van der Waals surface area contributed by atoms with Crippen LogP contribution in [0.4, 0.5) is 5.69 Å². The SMILES string of the molecule is CCN(c1ccccc1C(=O)c1ccccc1)C(C)C. The molecule has 0 saturated carbocycles. The number of para-hydroxylation sites is 1. The highest BCUT2D eigenvalue weighted by molar-refractivity contribution is 6.12. The maximum absolute atomic E-state index is 12.7. The predicted octanol–water partition coefficient (Wildman–Crippen LogP) is 4.15. The Morgan fingerprint density at radius 3 is 2.20 bits per heavy atom. The molecule has 0 radical (unpaired) electrons. The van der Waals surface area contributed by atoms with Gasteiger partial charge in [-0.1, -0.05) is 42.5 Å². The number of hydrogen-bond donors (Lipinski definition) is 0. The third-order valence-electron chi connectivity index (χ3n) is 3.46. The number of nitrogens with zero attached hydrogens (tertiary/aromatic N) is 1. The molecule has 0 fully saturated rings. The molecule has 104 valence electrons. The molecule has 0 aliphatic heterocycles. The number of anilines is 1. The van der Waals surface area contributed by atoms with Gasteiger partial charge in [0.05, 0.1) is 0 Å². The summed E-state index contributed by atoms with van der Waals surface area (Å²) in [6.07, 6.45) is 0. The number of benzene rings is 2. The van der Waals surface area contributed by atoms with Crippen LogP contribution in [0.15, 0.2) is 54.6 Å². The number of ketones is 1. The summed E-state index contributed by atoms with van der Waals surface area (Å²) in [5, 5.41) is 0. The van der Waals surface area contributed by atoms with Crippen molar-refractivity contribution in [3.8, 4) is 0 Å². The fraction of sp³-hybridized carbons (Fsp3) is 0.278. The summed E-state index contributed by atoms with van der Waals surface area (Å²) in [7, 11) is 0. The van der Waals surface area contributed by atoms with Gasteiger partial charge in [0.1, 0.15) is 0 Å². The van der Waals surface area contributed by atoms with Crippen LogP contribution in [0.25, 0.3) is 0 Å². The van der Waals surface area contributed by atoms with Crippen LogP contribution in [0, 0.1) is 0 Å². The molecular formula is C18H21NO. The van der Waals surface area contributed by atoms with Crippen LogP contribution in [0.5, 0.6) is 0 Å². The van der Waals surface area contributed by atoms with Crippen molar-refractivity contribution in [3.05, 3.63) is 65.7 Å². The normalized spacial score (nSPS) is 10.6. The first kappa shape index (κ1) is 14.3. The van der Waals surface area contributed by atoms with Crippen LogP contribution >= 0.6 is 0 Å². The molecule has 0 aliphatic rings. The topological polar surface area (TPSA) is 20.3 Å². The van der Waals surface area contributed by atoms with Crippen molar-refractivity contribution in [1.82, 2.24) is 0 Å². The second-order valence-corrected chi connectivity index (χ2v) is 5.09. The molecule has 2 nitrogen and oxygen atoms in total. The predicted molar refractivity (Wildman–Crippen MR) is 84.5 cm³/mol. The molecule has 0 saturated heterocycles. The molecule has 2 rings (SSSR count). The van der Waals surface area contributed by atoms with Gasteiger partial charge in [-0.2, -0.15) is 0 Å². The Labute approximate surface area is 121 Å². The van der Waals surface area contributed by atoms with Gasteiger partial charge in [0.25, 0.3) is 0 Å². The molecule has 0 aliphatic carbocycles. The quantitative estimate of drug-likeness (QED) is 0.758. The molecule has 0 amide bonds. The number of carbonyl (C=O) groups is 1. The molecule has 2 aromatic carbocycles. The van der Waals surface area contributed by atoms with E-state index in [0.717, 1.165) is 23.4 Å². The number of rotatable bonds is 5. The summed E-state index contributed by atoms with van der Waals surface area (Å²) in [6, 6.07) is 17.7. The largest absolute Gasteiger partial charge is 0.369 e. The van der Waals surface area contributed by atoms with E-state index in [-0.39, 0.29) is 5.78 Å². The smallest absolute Gasteiger partial charge is 0.195 e. The molecular weight excluding hydrogens is 246 g/mol. The minimum absolute atomic E-state index is 0.0836. The summed E-state index contributed by atoms with van der Waals surface area (Å²) in [5.74, 6) is 0.0836. The van der Waals surface area contributed by atoms with E-state index in [0.29, 0.717) is 6.04 Å². The van der Waals surface area contributed by atoms with Gasteiger partial charge in [0, 0.05) is 29.4 Å². The monoisotopic (exact) mass is 267 g/mol. The lowest BCUT2D eigenvalue weighted by atomic mass is 10.0. The van der Waals surface area contributed by atoms with E-state index >= 15 is 0 Å². The average molecular weight is 267 g/mol. The van der Waals surface area contributed by atoms with Gasteiger partial charge in [0.2, 0.25) is 0 Å². The summed E-state index contributed by atoms with van der Waals surface area (Å²) in [4.78, 5) is 14.9. The minimum Gasteiger partial charge on any atom is -0.369 e. The Bertz CT molecular complexity index is 575. The van der Waals surface area contributed by atoms with Crippen molar-refractivity contribution in [2.75, 3.05) is 11.4 Å². The Balaban J connectivity index is 2.45. The van der Waals surface area contributed by atoms with Crippen LogP contribution < -0.4 is 4.90 Å². The molecule has 2 heteroatoms. The van der Waals surface area contributed by atoms with Gasteiger partial charge in [-0.15, -0.1) is 0 Å². The van der Waals surface area contributed by atoms with E-state index in [1.165, 1.54) is 0 Å². The summed E-state index contributed by atoms with van der Waals surface area (Å²) < 4.78 is 0. The molecule has 0 atom stereocenters. The fourth-order valence-electron chi connectivity index (χ4n) is 2.47. The number of carbonyl (C=O) groups excluding carboxylic acids is 1. The van der Waals surface area contributed by atoms with Crippen molar-refractivity contribution in [2.24, 2.45) is 0 Å². The van der Waals surface area contributed by atoms with Crippen molar-refractivity contribution in [3.63, 3.8) is 0 Å². The fourth-order valence-corrected chi connectivity index (χ4v) is 2.47. The highest BCUT2D eigenvalue weighted by Gasteiger charge is 2.18. The Hall–Kier alpha value is -2.09. The third-order valence-corrected chi connectivity index (χ3v) is 3.46. The van der Waals surface area contributed by atoms with E-state index in [1.807, 2.05) is 54.6 Å².